The van der Waals surface area contributed by atoms with Gasteiger partial charge in [-0.05, 0) is 12.1 Å². The topological polar surface area (TPSA) is 87.2 Å². The summed E-state index contributed by atoms with van der Waals surface area (Å²) in [6.07, 6.45) is 0. The summed E-state index contributed by atoms with van der Waals surface area (Å²) in [7, 11) is -1.56. The Morgan fingerprint density at radius 2 is 2.08 bits per heavy atom. The molecule has 1 N–H and O–H groups in total. The Morgan fingerprint density at radius 3 is 2.79 bits per heavy atom. The van der Waals surface area contributed by atoms with Crippen LogP contribution in [0.3, 0.4) is 0 Å². The van der Waals surface area contributed by atoms with Gasteiger partial charge in [0.25, 0.3) is 5.91 Å². The second-order valence-corrected chi connectivity index (χ2v) is 9.49. The highest BCUT2D eigenvalue weighted by atomic mass is 32.2. The van der Waals surface area contributed by atoms with Gasteiger partial charge < -0.3 is 14.7 Å². The molecule has 2 atom stereocenters. The first kappa shape index (κ1) is 17.8. The van der Waals surface area contributed by atoms with Gasteiger partial charge in [0, 0.05) is 37.7 Å². The van der Waals surface area contributed by atoms with Crippen molar-refractivity contribution < 1.29 is 23.1 Å². The molecule has 2 saturated heterocycles. The predicted octanol–water partition coefficient (Wildman–Crippen LogP) is -0.190. The molecule has 1 aromatic rings. The summed E-state index contributed by atoms with van der Waals surface area (Å²) in [4.78, 5) is 18.1. The van der Waals surface area contributed by atoms with Crippen molar-refractivity contribution >= 4 is 27.1 Å². The molecule has 0 spiro atoms. The third-order valence-corrected chi connectivity index (χ3v) is 7.34. The summed E-state index contributed by atoms with van der Waals surface area (Å²) in [6, 6.07) is 3.08. The van der Waals surface area contributed by atoms with Crippen molar-refractivity contribution in [1.29, 1.82) is 0 Å². The lowest BCUT2D eigenvalue weighted by Crippen LogP contribution is -2.60. The largest absolute Gasteiger partial charge is 0.395 e. The summed E-state index contributed by atoms with van der Waals surface area (Å²) in [6.45, 7) is 1.95. The first-order valence-corrected chi connectivity index (χ1v) is 10.5. The van der Waals surface area contributed by atoms with Gasteiger partial charge in [0.1, 0.15) is 0 Å². The quantitative estimate of drug-likeness (QED) is 0.769. The smallest absolute Gasteiger partial charge is 0.264 e. The van der Waals surface area contributed by atoms with E-state index < -0.39 is 9.84 Å². The minimum Gasteiger partial charge on any atom is -0.395 e. The number of hydrogen-bond donors (Lipinski definition) is 1. The Hall–Kier alpha value is -1.00. The van der Waals surface area contributed by atoms with Crippen molar-refractivity contribution in [3.8, 4) is 0 Å². The van der Waals surface area contributed by atoms with Crippen LogP contribution in [0.1, 0.15) is 14.5 Å². The number of carbonyl (C=O) groups is 1. The summed E-state index contributed by atoms with van der Waals surface area (Å²) in [5, 5.41) is 9.19. The Bertz CT molecular complexity index is 702. The second kappa shape index (κ2) is 7.09. The zero-order chi connectivity index (χ0) is 17.3. The van der Waals surface area contributed by atoms with Crippen LogP contribution in [0.15, 0.2) is 12.1 Å². The van der Waals surface area contributed by atoms with Crippen LogP contribution in [-0.4, -0.2) is 86.2 Å². The van der Waals surface area contributed by atoms with E-state index in [0.29, 0.717) is 31.1 Å². The fourth-order valence-electron chi connectivity index (χ4n) is 3.54. The number of aliphatic hydroxyl groups excluding tert-OH is 1. The van der Waals surface area contributed by atoms with Crippen LogP contribution in [0.4, 0.5) is 0 Å². The van der Waals surface area contributed by atoms with E-state index in [-0.39, 0.29) is 36.1 Å². The van der Waals surface area contributed by atoms with Crippen molar-refractivity contribution in [1.82, 2.24) is 9.80 Å². The number of amides is 1. The van der Waals surface area contributed by atoms with Crippen LogP contribution in [0.2, 0.25) is 0 Å². The van der Waals surface area contributed by atoms with Crippen LogP contribution >= 0.6 is 11.3 Å². The van der Waals surface area contributed by atoms with Gasteiger partial charge in [-0.2, -0.15) is 0 Å². The van der Waals surface area contributed by atoms with Crippen LogP contribution < -0.4 is 0 Å². The predicted molar refractivity (Wildman–Crippen MR) is 91.0 cm³/mol. The first-order chi connectivity index (χ1) is 11.4. The number of piperazine rings is 1. The number of sulfone groups is 1. The number of aliphatic hydroxyl groups is 1. The van der Waals surface area contributed by atoms with Gasteiger partial charge in [0.2, 0.25) is 0 Å². The molecule has 0 bridgehead atoms. The van der Waals surface area contributed by atoms with E-state index in [0.717, 1.165) is 4.88 Å². The second-order valence-electron chi connectivity index (χ2n) is 6.17. The van der Waals surface area contributed by atoms with Crippen molar-refractivity contribution in [3.63, 3.8) is 0 Å². The molecule has 0 saturated carbocycles. The molecule has 2 aliphatic heterocycles. The first-order valence-electron chi connectivity index (χ1n) is 7.89. The number of hydrogen-bond acceptors (Lipinski definition) is 7. The van der Waals surface area contributed by atoms with E-state index in [1.807, 2.05) is 11.0 Å². The average molecular weight is 374 g/mol. The minimum atomic E-state index is -3.17. The van der Waals surface area contributed by atoms with Gasteiger partial charge in [0.15, 0.2) is 9.84 Å². The highest BCUT2D eigenvalue weighted by Crippen LogP contribution is 2.29. The lowest BCUT2D eigenvalue weighted by Gasteiger charge is -2.43. The monoisotopic (exact) mass is 374 g/mol. The van der Waals surface area contributed by atoms with Gasteiger partial charge in [-0.3, -0.25) is 9.69 Å². The molecule has 3 heterocycles. The fourth-order valence-corrected chi connectivity index (χ4v) is 6.49. The Labute approximate surface area is 145 Å². The van der Waals surface area contributed by atoms with Crippen molar-refractivity contribution in [2.45, 2.75) is 18.7 Å². The Kier molecular flexibility index (Phi) is 5.26. The number of methoxy groups -OCH3 is 1. The van der Waals surface area contributed by atoms with Gasteiger partial charge in [0.05, 0.1) is 35.6 Å². The number of fused-ring (bicyclic) bond motifs is 1. The standard InChI is InChI=1S/C15H22N2O5S2/c1-22-8-11-2-3-14(23-11)15(19)17-5-4-16(6-7-18)12-9-24(20,21)10-13(12)17/h2-3,12-13,18H,4-10H2,1H3/t12-,13+/m1/s1. The summed E-state index contributed by atoms with van der Waals surface area (Å²) in [5.41, 5.74) is 0. The zero-order valence-electron chi connectivity index (χ0n) is 13.6. The molecule has 0 radical (unpaired) electrons. The zero-order valence-corrected chi connectivity index (χ0v) is 15.2. The maximum absolute atomic E-state index is 12.9. The molecule has 2 aliphatic rings. The average Bonchev–Trinajstić information content (AvgIpc) is 3.11. The lowest BCUT2D eigenvalue weighted by molar-refractivity contribution is 0.0285. The molecule has 134 valence electrons. The number of nitrogens with zero attached hydrogens (tertiary/aromatic N) is 2. The molecule has 3 rings (SSSR count). The molecular formula is C15H22N2O5S2. The van der Waals surface area contributed by atoms with Gasteiger partial charge in [-0.1, -0.05) is 0 Å². The molecule has 7 nitrogen and oxygen atoms in total. The number of β-amino-alcohol motifs (C(OH)–C–C–N with tert-alkyl or cyclic N) is 1. The van der Waals surface area contributed by atoms with Crippen LogP contribution in [0.5, 0.6) is 0 Å². The highest BCUT2D eigenvalue weighted by molar-refractivity contribution is 7.91. The minimum absolute atomic E-state index is 0.00163. The third kappa shape index (κ3) is 3.50. The maximum Gasteiger partial charge on any atom is 0.264 e. The highest BCUT2D eigenvalue weighted by Gasteiger charge is 2.48. The van der Waals surface area contributed by atoms with Crippen LogP contribution in [0, 0.1) is 0 Å². The molecule has 0 unspecified atom stereocenters. The van der Waals surface area contributed by atoms with E-state index in [1.54, 1.807) is 18.1 Å². The normalized spacial score (nSPS) is 26.5. The molecule has 1 aromatic heterocycles. The van der Waals surface area contributed by atoms with Crippen molar-refractivity contribution in [3.05, 3.63) is 21.9 Å². The molecule has 24 heavy (non-hydrogen) atoms. The molecule has 9 heteroatoms. The van der Waals surface area contributed by atoms with E-state index in [4.69, 9.17) is 4.74 Å². The third-order valence-electron chi connectivity index (χ3n) is 4.60. The van der Waals surface area contributed by atoms with Gasteiger partial charge in [-0.25, -0.2) is 8.42 Å². The number of thiophene rings is 1. The molecular weight excluding hydrogens is 352 g/mol. The van der Waals surface area contributed by atoms with Crippen LogP contribution in [0.25, 0.3) is 0 Å². The number of rotatable bonds is 5. The summed E-state index contributed by atoms with van der Waals surface area (Å²) >= 11 is 1.39. The maximum atomic E-state index is 12.9. The molecule has 1 amide bonds. The number of ether oxygens (including phenoxy) is 1. The Balaban J connectivity index is 1.81. The van der Waals surface area contributed by atoms with Gasteiger partial charge >= 0.3 is 0 Å². The van der Waals surface area contributed by atoms with Crippen molar-refractivity contribution in [2.24, 2.45) is 0 Å². The number of carbonyl (C=O) groups excluding carboxylic acids is 1. The fraction of sp³-hybridized carbons (Fsp3) is 0.667. The van der Waals surface area contributed by atoms with Crippen LogP contribution in [-0.2, 0) is 21.2 Å². The van der Waals surface area contributed by atoms with Crippen molar-refractivity contribution in [2.75, 3.05) is 44.9 Å². The molecule has 2 fully saturated rings. The van der Waals surface area contributed by atoms with E-state index >= 15 is 0 Å². The Morgan fingerprint density at radius 1 is 1.33 bits per heavy atom. The lowest BCUT2D eigenvalue weighted by atomic mass is 10.0. The summed E-state index contributed by atoms with van der Waals surface area (Å²) < 4.78 is 29.3. The SMILES string of the molecule is COCc1ccc(C(=O)N2CCN(CCO)[C@@H]3CS(=O)(=O)C[C@@H]32)s1. The van der Waals surface area contributed by atoms with Gasteiger partial charge in [-0.15, -0.1) is 11.3 Å². The molecule has 0 aliphatic carbocycles. The van der Waals surface area contributed by atoms with E-state index in [2.05, 4.69) is 0 Å². The molecule has 0 aromatic carbocycles. The van der Waals surface area contributed by atoms with E-state index in [1.165, 1.54) is 11.3 Å². The van der Waals surface area contributed by atoms with E-state index in [9.17, 15) is 18.3 Å². The summed E-state index contributed by atoms with van der Waals surface area (Å²) in [5.74, 6) is -0.0549.